The summed E-state index contributed by atoms with van der Waals surface area (Å²) in [5.41, 5.74) is 6.74. The van der Waals surface area contributed by atoms with Crippen molar-refractivity contribution in [3.8, 4) is 0 Å². The van der Waals surface area contributed by atoms with E-state index in [0.29, 0.717) is 18.4 Å². The summed E-state index contributed by atoms with van der Waals surface area (Å²) >= 11 is 0. The lowest BCUT2D eigenvalue weighted by atomic mass is 9.91. The highest BCUT2D eigenvalue weighted by Crippen LogP contribution is 2.22. The molecule has 0 heterocycles. The molecule has 0 aliphatic heterocycles. The zero-order valence-corrected chi connectivity index (χ0v) is 9.54. The van der Waals surface area contributed by atoms with Gasteiger partial charge in [-0.2, -0.15) is 0 Å². The first-order chi connectivity index (χ1) is 7.13. The first kappa shape index (κ1) is 12.2. The molecule has 0 saturated carbocycles. The van der Waals surface area contributed by atoms with Crippen molar-refractivity contribution in [1.82, 2.24) is 0 Å². The van der Waals surface area contributed by atoms with Gasteiger partial charge >= 0.3 is 0 Å². The first-order valence-corrected chi connectivity index (χ1v) is 5.59. The maximum atomic E-state index is 13.0. The minimum absolute atomic E-state index is 0.171. The fourth-order valence-electron chi connectivity index (χ4n) is 1.72. The molecule has 0 spiro atoms. The molecule has 0 fully saturated rings. The van der Waals surface area contributed by atoms with Crippen LogP contribution in [0.2, 0.25) is 0 Å². The minimum Gasteiger partial charge on any atom is -0.330 e. The average Bonchev–Trinajstić information content (AvgIpc) is 2.18. The predicted octanol–water partition coefficient (Wildman–Crippen LogP) is 3.30. The van der Waals surface area contributed by atoms with Crippen molar-refractivity contribution in [3.05, 3.63) is 35.6 Å². The molecule has 1 rings (SSSR count). The number of rotatable bonds is 5. The molecule has 0 aromatic heterocycles. The lowest BCUT2D eigenvalue weighted by Gasteiger charge is -2.16. The molecule has 0 amide bonds. The number of hydrogen-bond donors (Lipinski definition) is 1. The van der Waals surface area contributed by atoms with Gasteiger partial charge in [0.1, 0.15) is 5.82 Å². The molecule has 1 aromatic carbocycles. The Morgan fingerprint density at radius 2 is 2.00 bits per heavy atom. The van der Waals surface area contributed by atoms with Gasteiger partial charge in [0.25, 0.3) is 0 Å². The number of benzene rings is 1. The zero-order chi connectivity index (χ0) is 11.3. The molecule has 1 atom stereocenters. The SMILES string of the molecule is CC(C)CCC(CN)c1cccc(F)c1. The van der Waals surface area contributed by atoms with Gasteiger partial charge in [0.2, 0.25) is 0 Å². The van der Waals surface area contributed by atoms with Crippen LogP contribution < -0.4 is 5.73 Å². The van der Waals surface area contributed by atoms with Crippen molar-refractivity contribution in [2.24, 2.45) is 11.7 Å². The third kappa shape index (κ3) is 4.00. The Hall–Kier alpha value is -0.890. The second-order valence-electron chi connectivity index (χ2n) is 4.46. The smallest absolute Gasteiger partial charge is 0.123 e. The Morgan fingerprint density at radius 3 is 2.53 bits per heavy atom. The van der Waals surface area contributed by atoms with Crippen LogP contribution in [0.5, 0.6) is 0 Å². The zero-order valence-electron chi connectivity index (χ0n) is 9.54. The molecule has 0 radical (unpaired) electrons. The Kier molecular flexibility index (Phi) is 4.76. The van der Waals surface area contributed by atoms with Crippen LogP contribution in [-0.2, 0) is 0 Å². The number of halogens is 1. The van der Waals surface area contributed by atoms with E-state index in [1.54, 1.807) is 12.1 Å². The van der Waals surface area contributed by atoms with Gasteiger partial charge in [-0.05, 0) is 42.5 Å². The van der Waals surface area contributed by atoms with Crippen molar-refractivity contribution in [1.29, 1.82) is 0 Å². The van der Waals surface area contributed by atoms with Gasteiger partial charge in [0.15, 0.2) is 0 Å². The van der Waals surface area contributed by atoms with Crippen LogP contribution in [0.3, 0.4) is 0 Å². The summed E-state index contributed by atoms with van der Waals surface area (Å²) in [6, 6.07) is 6.78. The molecule has 2 N–H and O–H groups in total. The molecular formula is C13H20FN. The largest absolute Gasteiger partial charge is 0.330 e. The van der Waals surface area contributed by atoms with E-state index < -0.39 is 0 Å². The Balaban J connectivity index is 2.65. The Labute approximate surface area is 91.5 Å². The van der Waals surface area contributed by atoms with Crippen molar-refractivity contribution in [3.63, 3.8) is 0 Å². The quantitative estimate of drug-likeness (QED) is 0.791. The van der Waals surface area contributed by atoms with Gasteiger partial charge in [0, 0.05) is 0 Å². The van der Waals surface area contributed by atoms with E-state index in [0.717, 1.165) is 18.4 Å². The predicted molar refractivity (Wildman–Crippen MR) is 62.3 cm³/mol. The van der Waals surface area contributed by atoms with Crippen LogP contribution >= 0.6 is 0 Å². The lowest BCUT2D eigenvalue weighted by molar-refractivity contribution is 0.501. The number of nitrogens with two attached hydrogens (primary N) is 1. The van der Waals surface area contributed by atoms with Crippen LogP contribution in [0.25, 0.3) is 0 Å². The van der Waals surface area contributed by atoms with Gasteiger partial charge in [0.05, 0.1) is 0 Å². The van der Waals surface area contributed by atoms with Crippen molar-refractivity contribution < 1.29 is 4.39 Å². The molecule has 0 bridgehead atoms. The fourth-order valence-corrected chi connectivity index (χ4v) is 1.72. The van der Waals surface area contributed by atoms with E-state index in [2.05, 4.69) is 13.8 Å². The number of hydrogen-bond acceptors (Lipinski definition) is 1. The van der Waals surface area contributed by atoms with E-state index in [9.17, 15) is 4.39 Å². The minimum atomic E-state index is -0.171. The molecule has 0 saturated heterocycles. The third-order valence-corrected chi connectivity index (χ3v) is 2.70. The van der Waals surface area contributed by atoms with E-state index >= 15 is 0 Å². The van der Waals surface area contributed by atoms with Gasteiger partial charge in [-0.15, -0.1) is 0 Å². The summed E-state index contributed by atoms with van der Waals surface area (Å²) < 4.78 is 13.0. The molecule has 1 nitrogen and oxygen atoms in total. The Morgan fingerprint density at radius 1 is 1.27 bits per heavy atom. The molecule has 1 aromatic rings. The topological polar surface area (TPSA) is 26.0 Å². The van der Waals surface area contributed by atoms with Gasteiger partial charge in [-0.1, -0.05) is 32.4 Å². The summed E-state index contributed by atoms with van der Waals surface area (Å²) in [6.07, 6.45) is 2.18. The van der Waals surface area contributed by atoms with Crippen LogP contribution in [-0.4, -0.2) is 6.54 Å². The average molecular weight is 209 g/mol. The van der Waals surface area contributed by atoms with Gasteiger partial charge in [-0.3, -0.25) is 0 Å². The maximum absolute atomic E-state index is 13.0. The second kappa shape index (κ2) is 5.86. The van der Waals surface area contributed by atoms with Gasteiger partial charge in [-0.25, -0.2) is 4.39 Å². The lowest BCUT2D eigenvalue weighted by Crippen LogP contribution is -2.13. The van der Waals surface area contributed by atoms with E-state index in [-0.39, 0.29) is 5.82 Å². The van der Waals surface area contributed by atoms with E-state index in [1.165, 1.54) is 6.07 Å². The third-order valence-electron chi connectivity index (χ3n) is 2.70. The molecule has 1 unspecified atom stereocenters. The first-order valence-electron chi connectivity index (χ1n) is 5.59. The summed E-state index contributed by atoms with van der Waals surface area (Å²) in [5.74, 6) is 0.797. The molecule has 0 aliphatic carbocycles. The van der Waals surface area contributed by atoms with Gasteiger partial charge < -0.3 is 5.73 Å². The van der Waals surface area contributed by atoms with Crippen LogP contribution in [0.15, 0.2) is 24.3 Å². The van der Waals surface area contributed by atoms with Crippen molar-refractivity contribution >= 4 is 0 Å². The highest BCUT2D eigenvalue weighted by molar-refractivity contribution is 5.20. The molecule has 2 heteroatoms. The maximum Gasteiger partial charge on any atom is 0.123 e. The fraction of sp³-hybridized carbons (Fsp3) is 0.538. The van der Waals surface area contributed by atoms with Crippen LogP contribution in [0.1, 0.15) is 38.2 Å². The molecular weight excluding hydrogens is 189 g/mol. The van der Waals surface area contributed by atoms with Crippen LogP contribution in [0, 0.1) is 11.7 Å². The van der Waals surface area contributed by atoms with E-state index in [1.807, 2.05) is 6.07 Å². The highest BCUT2D eigenvalue weighted by atomic mass is 19.1. The normalized spacial score (nSPS) is 13.1. The van der Waals surface area contributed by atoms with Crippen LogP contribution in [0.4, 0.5) is 4.39 Å². The monoisotopic (exact) mass is 209 g/mol. The molecule has 0 aliphatic rings. The van der Waals surface area contributed by atoms with Crippen molar-refractivity contribution in [2.75, 3.05) is 6.54 Å². The summed E-state index contributed by atoms with van der Waals surface area (Å²) in [4.78, 5) is 0. The molecule has 84 valence electrons. The van der Waals surface area contributed by atoms with E-state index in [4.69, 9.17) is 5.73 Å². The second-order valence-corrected chi connectivity index (χ2v) is 4.46. The standard InChI is InChI=1S/C13H20FN/c1-10(2)6-7-12(9-15)11-4-3-5-13(14)8-11/h3-5,8,10,12H,6-7,9,15H2,1-2H3. The Bertz CT molecular complexity index is 296. The summed E-state index contributed by atoms with van der Waals surface area (Å²) in [7, 11) is 0. The highest BCUT2D eigenvalue weighted by Gasteiger charge is 2.10. The van der Waals surface area contributed by atoms with Crippen molar-refractivity contribution in [2.45, 2.75) is 32.6 Å². The summed E-state index contributed by atoms with van der Waals surface area (Å²) in [6.45, 7) is 4.98. The summed E-state index contributed by atoms with van der Waals surface area (Å²) in [5, 5.41) is 0. The molecule has 15 heavy (non-hydrogen) atoms.